The quantitative estimate of drug-likeness (QED) is 0.0428. The Kier molecular flexibility index (Phi) is 14.6. The molecule has 0 aliphatic carbocycles. The average molecular weight is 892 g/mol. The summed E-state index contributed by atoms with van der Waals surface area (Å²) >= 11 is 11.6. The van der Waals surface area contributed by atoms with Gasteiger partial charge in [-0.3, -0.25) is 9.59 Å². The first-order valence-corrected chi connectivity index (χ1v) is 19.8. The molecule has 56 heavy (non-hydrogen) atoms. The molecule has 0 spiro atoms. The second-order valence-electron chi connectivity index (χ2n) is 10.3. The van der Waals surface area contributed by atoms with Crippen molar-refractivity contribution < 1.29 is 69.6 Å². The van der Waals surface area contributed by atoms with E-state index in [-0.39, 0.29) is 27.8 Å². The van der Waals surface area contributed by atoms with Crippen LogP contribution in [0, 0.1) is 0 Å². The maximum Gasteiger partial charge on any atom is 0.534 e. The molecule has 0 fully saturated rings. The Morgan fingerprint density at radius 2 is 0.929 bits per heavy atom. The normalized spacial score (nSPS) is 12.8. The molecular weight excluding hydrogens is 869 g/mol. The molecule has 0 aliphatic rings. The van der Waals surface area contributed by atoms with Gasteiger partial charge in [-0.2, -0.15) is 53.4 Å². The van der Waals surface area contributed by atoms with E-state index >= 15 is 0 Å². The minimum Gasteiger partial charge on any atom is -0.376 e. The molecule has 0 unspecified atom stereocenters. The van der Waals surface area contributed by atoms with E-state index in [0.29, 0.717) is 33.1 Å². The number of rotatable bonds is 13. The van der Waals surface area contributed by atoms with Crippen molar-refractivity contribution in [3.8, 4) is 11.5 Å². The minimum atomic E-state index is -5.86. The van der Waals surface area contributed by atoms with Crippen molar-refractivity contribution in [1.29, 1.82) is 0 Å². The maximum absolute atomic E-state index is 12.4. The van der Waals surface area contributed by atoms with Crippen LogP contribution in [0.1, 0.15) is 22.3 Å². The Morgan fingerprint density at radius 3 is 1.21 bits per heavy atom. The lowest BCUT2D eigenvalue weighted by Gasteiger charge is -2.14. The number of benzene rings is 4. The molecule has 1 N–H and O–H groups in total. The Morgan fingerprint density at radius 1 is 0.607 bits per heavy atom. The number of carbonyl (C=O) groups excluding carboxylic acids is 2. The fourth-order valence-corrected chi connectivity index (χ4v) is 5.40. The van der Waals surface area contributed by atoms with Crippen molar-refractivity contribution in [2.45, 2.75) is 11.0 Å². The van der Waals surface area contributed by atoms with Gasteiger partial charge in [-0.05, 0) is 72.8 Å². The van der Waals surface area contributed by atoms with Crippen LogP contribution in [0.25, 0.3) is 0 Å². The molecule has 0 aliphatic heterocycles. The van der Waals surface area contributed by atoms with E-state index in [9.17, 15) is 61.2 Å². The smallest absolute Gasteiger partial charge is 0.376 e. The molecule has 0 heterocycles. The van der Waals surface area contributed by atoms with Crippen LogP contribution in [0.5, 0.6) is 11.5 Å². The minimum absolute atomic E-state index is 0.0430. The first-order valence-electron chi connectivity index (χ1n) is 14.4. The van der Waals surface area contributed by atoms with Crippen LogP contribution in [0.2, 0.25) is 10.0 Å². The molecule has 0 atom stereocenters. The van der Waals surface area contributed by atoms with Crippen molar-refractivity contribution in [2.24, 2.45) is 10.2 Å². The van der Waals surface area contributed by atoms with Gasteiger partial charge < -0.3 is 8.37 Å². The molecule has 0 saturated carbocycles. The van der Waals surface area contributed by atoms with E-state index in [4.69, 9.17) is 23.2 Å². The predicted molar refractivity (Wildman–Crippen MR) is 190 cm³/mol. The Hall–Kier alpha value is -5.23. The van der Waals surface area contributed by atoms with Crippen molar-refractivity contribution in [3.63, 3.8) is 0 Å². The second kappa shape index (κ2) is 18.1. The number of sulfonamides is 1. The highest BCUT2D eigenvalue weighted by molar-refractivity contribution is 7.89. The summed E-state index contributed by atoms with van der Waals surface area (Å²) in [5, 5.41) is 8.49. The van der Waals surface area contributed by atoms with Gasteiger partial charge in [0, 0.05) is 32.3 Å². The summed E-state index contributed by atoms with van der Waals surface area (Å²) in [7, 11) is -15.7. The predicted octanol–water partition coefficient (Wildman–Crippen LogP) is 5.81. The van der Waals surface area contributed by atoms with Gasteiger partial charge in [0.25, 0.3) is 10.0 Å². The average Bonchev–Trinajstić information content (AvgIpc) is 3.10. The summed E-state index contributed by atoms with van der Waals surface area (Å²) < 4.78 is 150. The van der Waals surface area contributed by atoms with Crippen molar-refractivity contribution in [3.05, 3.63) is 129 Å². The fraction of sp³-hybridized carbons (Fsp3) is 0.0968. The molecule has 300 valence electrons. The molecule has 2 amide bonds. The SMILES string of the molecule is CS(=O)(=O)N(C=O)N=C(c1ccc(Cl)cc1)c1ccc(OS(=O)(=O)C(F)(F)F)cc1.O=CNN=C(c1ccc(Cl)cc1)c1ccc(OS(=O)(=O)C(F)(F)F)cc1. The number of amides is 2. The summed E-state index contributed by atoms with van der Waals surface area (Å²) in [6.07, 6.45) is 1.03. The van der Waals surface area contributed by atoms with Crippen molar-refractivity contribution in [2.75, 3.05) is 6.26 Å². The number of nitrogens with one attached hydrogen (secondary N) is 1. The lowest BCUT2D eigenvalue weighted by Crippen LogP contribution is -2.28. The van der Waals surface area contributed by atoms with E-state index in [2.05, 4.69) is 24.0 Å². The van der Waals surface area contributed by atoms with Crippen LogP contribution in [0.4, 0.5) is 26.3 Å². The van der Waals surface area contributed by atoms with Crippen LogP contribution in [0.3, 0.4) is 0 Å². The van der Waals surface area contributed by atoms with Gasteiger partial charge in [-0.1, -0.05) is 47.5 Å². The molecule has 0 bridgehead atoms. The Bertz CT molecular complexity index is 2420. The van der Waals surface area contributed by atoms with Gasteiger partial charge in [0.05, 0.1) is 17.7 Å². The number of hydrogen-bond acceptors (Lipinski definition) is 12. The highest BCUT2D eigenvalue weighted by Gasteiger charge is 2.49. The molecule has 4 aromatic rings. The number of hydrogen-bond donors (Lipinski definition) is 1. The first kappa shape index (κ1) is 45.2. The summed E-state index contributed by atoms with van der Waals surface area (Å²) in [6.45, 7) is 0. The molecule has 0 saturated heterocycles. The fourth-order valence-electron chi connectivity index (χ4n) is 3.84. The zero-order valence-electron chi connectivity index (χ0n) is 27.6. The number of alkyl halides is 6. The number of halogens is 8. The first-order chi connectivity index (χ1) is 25.9. The van der Waals surface area contributed by atoms with Gasteiger partial charge in [0.2, 0.25) is 12.8 Å². The summed E-state index contributed by atoms with van der Waals surface area (Å²) in [5.41, 5.74) is -7.40. The summed E-state index contributed by atoms with van der Waals surface area (Å²) in [5.74, 6) is -1.16. The lowest BCUT2D eigenvalue weighted by molar-refractivity contribution is -0.114. The molecule has 4 aromatic carbocycles. The van der Waals surface area contributed by atoms with Gasteiger partial charge in [0.15, 0.2) is 0 Å². The second-order valence-corrected chi connectivity index (χ2v) is 16.1. The molecule has 0 radical (unpaired) electrons. The lowest BCUT2D eigenvalue weighted by atomic mass is 10.0. The Balaban J connectivity index is 0.000000303. The van der Waals surface area contributed by atoms with Crippen LogP contribution < -0.4 is 13.8 Å². The standard InChI is InChI=1S/C16H12ClF3N2O6S2.C15H10ClF3N2O4S/c1-29(24,25)22(10-23)21-15(11-2-6-13(17)7-3-11)12-4-8-14(9-5-12)28-30(26,27)16(18,19)20;16-12-5-1-10(2-6-12)14(21-20-9-22)11-3-7-13(8-4-11)25-26(23,24)15(17,18)19/h2-10H,1H3;1-9H,(H,20,22). The van der Waals surface area contributed by atoms with Crippen molar-refractivity contribution in [1.82, 2.24) is 9.84 Å². The van der Waals surface area contributed by atoms with Crippen LogP contribution in [-0.2, 0) is 39.8 Å². The van der Waals surface area contributed by atoms with E-state index in [1.165, 1.54) is 36.4 Å². The van der Waals surface area contributed by atoms with Gasteiger partial charge in [0.1, 0.15) is 11.5 Å². The zero-order valence-corrected chi connectivity index (χ0v) is 31.5. The van der Waals surface area contributed by atoms with Crippen LogP contribution in [-0.4, -0.2) is 71.2 Å². The monoisotopic (exact) mass is 890 g/mol. The van der Waals surface area contributed by atoms with Gasteiger partial charge in [-0.15, -0.1) is 4.41 Å². The largest absolute Gasteiger partial charge is 0.534 e. The summed E-state index contributed by atoms with van der Waals surface area (Å²) in [6, 6.07) is 21.0. The molecule has 14 nitrogen and oxygen atoms in total. The highest BCUT2D eigenvalue weighted by atomic mass is 35.5. The van der Waals surface area contributed by atoms with E-state index in [0.717, 1.165) is 42.7 Å². The topological polar surface area (TPSA) is 195 Å². The zero-order chi connectivity index (χ0) is 42.1. The molecule has 25 heteroatoms. The molecule has 0 aromatic heterocycles. The Labute approximate surface area is 324 Å². The van der Waals surface area contributed by atoms with Crippen LogP contribution in [0.15, 0.2) is 107 Å². The third-order valence-electron chi connectivity index (χ3n) is 6.33. The summed E-state index contributed by atoms with van der Waals surface area (Å²) in [4.78, 5) is 21.6. The van der Waals surface area contributed by atoms with Crippen LogP contribution >= 0.6 is 23.2 Å². The van der Waals surface area contributed by atoms with E-state index in [1.807, 2.05) is 0 Å². The van der Waals surface area contributed by atoms with Gasteiger partial charge >= 0.3 is 31.3 Å². The van der Waals surface area contributed by atoms with Gasteiger partial charge in [-0.25, -0.2) is 13.8 Å². The number of carbonyl (C=O) groups is 2. The highest BCUT2D eigenvalue weighted by Crippen LogP contribution is 2.29. The number of nitrogens with zero attached hydrogens (tertiary/aromatic N) is 3. The third kappa shape index (κ3) is 12.4. The third-order valence-corrected chi connectivity index (χ3v) is 9.64. The maximum atomic E-state index is 12.4. The molecule has 4 rings (SSSR count). The number of hydrazone groups is 2. The van der Waals surface area contributed by atoms with E-state index < -0.39 is 52.8 Å². The van der Waals surface area contributed by atoms with E-state index in [1.54, 1.807) is 24.3 Å². The van der Waals surface area contributed by atoms with Crippen molar-refractivity contribution >= 4 is 77.7 Å². The molecular formula is C31H22Cl2F6N4O10S3.